The van der Waals surface area contributed by atoms with Crippen molar-refractivity contribution in [3.63, 3.8) is 0 Å². The molecule has 0 aliphatic heterocycles. The van der Waals surface area contributed by atoms with E-state index in [0.29, 0.717) is 6.42 Å². The predicted molar refractivity (Wildman–Crippen MR) is 36.1 cm³/mol. The van der Waals surface area contributed by atoms with E-state index in [1.54, 1.807) is 6.08 Å². The van der Waals surface area contributed by atoms with Crippen molar-refractivity contribution in [1.82, 2.24) is 0 Å². The van der Waals surface area contributed by atoms with Crippen LogP contribution in [0.3, 0.4) is 0 Å². The minimum absolute atomic E-state index is 0.173. The van der Waals surface area contributed by atoms with Crippen LogP contribution >= 0.6 is 0 Å². The van der Waals surface area contributed by atoms with Crippen LogP contribution < -0.4 is 0 Å². The molecule has 0 aliphatic rings. The van der Waals surface area contributed by atoms with Crippen LogP contribution in [0.4, 0.5) is 0 Å². The van der Waals surface area contributed by atoms with E-state index in [-0.39, 0.29) is 5.78 Å². The van der Waals surface area contributed by atoms with Crippen LogP contribution in [-0.4, -0.2) is 17.0 Å². The number of hydrogen-bond acceptors (Lipinski definition) is 2. The standard InChI is InChI=1S/C7H12O2/c1-3-4-5-7(9)6(2)8/h3-4,7,9H,5H2,1-2H3/b4-3+/t7-/m0/s1. The molecule has 0 aromatic rings. The molecular weight excluding hydrogens is 116 g/mol. The SMILES string of the molecule is C/C=C/C[C@H](O)C(C)=O. The summed E-state index contributed by atoms with van der Waals surface area (Å²) in [4.78, 5) is 10.4. The molecule has 0 rings (SSSR count). The van der Waals surface area contributed by atoms with Crippen molar-refractivity contribution in [1.29, 1.82) is 0 Å². The molecule has 2 heteroatoms. The van der Waals surface area contributed by atoms with Gasteiger partial charge in [-0.05, 0) is 20.3 Å². The molecule has 0 saturated heterocycles. The molecule has 0 aromatic heterocycles. The fourth-order valence-corrected chi connectivity index (χ4v) is 0.431. The second-order valence-electron chi connectivity index (χ2n) is 1.93. The van der Waals surface area contributed by atoms with Gasteiger partial charge >= 0.3 is 0 Å². The monoisotopic (exact) mass is 128 g/mol. The highest BCUT2D eigenvalue weighted by atomic mass is 16.3. The van der Waals surface area contributed by atoms with Crippen LogP contribution in [0.1, 0.15) is 20.3 Å². The van der Waals surface area contributed by atoms with Gasteiger partial charge in [-0.25, -0.2) is 0 Å². The van der Waals surface area contributed by atoms with E-state index in [1.807, 2.05) is 13.0 Å². The van der Waals surface area contributed by atoms with Crippen LogP contribution in [-0.2, 0) is 4.79 Å². The van der Waals surface area contributed by atoms with Crippen molar-refractivity contribution in [3.8, 4) is 0 Å². The number of allylic oxidation sites excluding steroid dienone is 1. The Balaban J connectivity index is 3.50. The Bertz CT molecular complexity index is 116. The zero-order valence-corrected chi connectivity index (χ0v) is 5.79. The number of Topliss-reactive ketones (excluding diaryl/α,β-unsaturated/α-hetero) is 1. The lowest BCUT2D eigenvalue weighted by Crippen LogP contribution is -2.15. The Morgan fingerprint density at radius 1 is 1.78 bits per heavy atom. The molecule has 0 saturated carbocycles. The quantitative estimate of drug-likeness (QED) is 0.573. The molecule has 0 spiro atoms. The summed E-state index contributed by atoms with van der Waals surface area (Å²) in [6, 6.07) is 0. The van der Waals surface area contributed by atoms with Crippen molar-refractivity contribution in [3.05, 3.63) is 12.2 Å². The Kier molecular flexibility index (Phi) is 3.97. The van der Waals surface area contributed by atoms with Crippen LogP contribution in [0, 0.1) is 0 Å². The van der Waals surface area contributed by atoms with Gasteiger partial charge in [-0.3, -0.25) is 4.79 Å². The lowest BCUT2D eigenvalue weighted by molar-refractivity contribution is -0.124. The largest absolute Gasteiger partial charge is 0.385 e. The number of aliphatic hydroxyl groups excluding tert-OH is 1. The maximum Gasteiger partial charge on any atom is 0.158 e. The third-order valence-electron chi connectivity index (χ3n) is 1.06. The first-order chi connectivity index (χ1) is 4.18. The smallest absolute Gasteiger partial charge is 0.158 e. The fraction of sp³-hybridized carbons (Fsp3) is 0.571. The molecule has 0 radical (unpaired) electrons. The maximum absolute atomic E-state index is 10.4. The average Bonchev–Trinajstić information content (AvgIpc) is 1.82. The number of carbonyl (C=O) groups is 1. The van der Waals surface area contributed by atoms with Crippen molar-refractivity contribution in [2.45, 2.75) is 26.4 Å². The van der Waals surface area contributed by atoms with Gasteiger partial charge in [0.15, 0.2) is 5.78 Å². The van der Waals surface area contributed by atoms with E-state index >= 15 is 0 Å². The van der Waals surface area contributed by atoms with Gasteiger partial charge in [-0.1, -0.05) is 12.2 Å². The van der Waals surface area contributed by atoms with Crippen LogP contribution in [0.2, 0.25) is 0 Å². The van der Waals surface area contributed by atoms with E-state index in [9.17, 15) is 4.79 Å². The van der Waals surface area contributed by atoms with E-state index in [2.05, 4.69) is 0 Å². The number of hydrogen-bond donors (Lipinski definition) is 1. The average molecular weight is 128 g/mol. The molecule has 0 aliphatic carbocycles. The fourth-order valence-electron chi connectivity index (χ4n) is 0.431. The summed E-state index contributed by atoms with van der Waals surface area (Å²) in [5.74, 6) is -0.173. The van der Waals surface area contributed by atoms with Gasteiger partial charge in [-0.2, -0.15) is 0 Å². The lowest BCUT2D eigenvalue weighted by Gasteiger charge is -1.99. The van der Waals surface area contributed by atoms with Gasteiger partial charge in [0, 0.05) is 0 Å². The van der Waals surface area contributed by atoms with Crippen molar-refractivity contribution < 1.29 is 9.90 Å². The molecular formula is C7H12O2. The molecule has 52 valence electrons. The maximum atomic E-state index is 10.4. The first-order valence-electron chi connectivity index (χ1n) is 2.98. The summed E-state index contributed by atoms with van der Waals surface area (Å²) in [5, 5.41) is 8.86. The summed E-state index contributed by atoms with van der Waals surface area (Å²) in [5.41, 5.74) is 0. The zero-order valence-electron chi connectivity index (χ0n) is 5.79. The summed E-state index contributed by atoms with van der Waals surface area (Å²) in [7, 11) is 0. The highest BCUT2D eigenvalue weighted by Crippen LogP contribution is 1.93. The predicted octanol–water partition coefficient (Wildman–Crippen LogP) is 0.903. The Morgan fingerprint density at radius 3 is 2.67 bits per heavy atom. The topological polar surface area (TPSA) is 37.3 Å². The normalized spacial score (nSPS) is 14.1. The van der Waals surface area contributed by atoms with E-state index in [1.165, 1.54) is 6.92 Å². The van der Waals surface area contributed by atoms with Crippen molar-refractivity contribution >= 4 is 5.78 Å². The summed E-state index contributed by atoms with van der Waals surface area (Å²) in [6.45, 7) is 3.24. The van der Waals surface area contributed by atoms with Gasteiger partial charge in [0.1, 0.15) is 6.10 Å². The molecule has 0 amide bonds. The Hall–Kier alpha value is -0.630. The molecule has 0 fully saturated rings. The van der Waals surface area contributed by atoms with Crippen LogP contribution in [0.25, 0.3) is 0 Å². The second-order valence-corrected chi connectivity index (χ2v) is 1.93. The summed E-state index contributed by atoms with van der Waals surface area (Å²) >= 11 is 0. The number of rotatable bonds is 3. The Labute approximate surface area is 55.2 Å². The molecule has 0 unspecified atom stereocenters. The van der Waals surface area contributed by atoms with E-state index in [0.717, 1.165) is 0 Å². The third-order valence-corrected chi connectivity index (χ3v) is 1.06. The third kappa shape index (κ3) is 3.91. The minimum atomic E-state index is -0.804. The van der Waals surface area contributed by atoms with Gasteiger partial charge in [0.25, 0.3) is 0 Å². The highest BCUT2D eigenvalue weighted by Gasteiger charge is 2.05. The first-order valence-corrected chi connectivity index (χ1v) is 2.98. The molecule has 0 bridgehead atoms. The summed E-state index contributed by atoms with van der Waals surface area (Å²) in [6.07, 6.45) is 3.21. The molecule has 9 heavy (non-hydrogen) atoms. The van der Waals surface area contributed by atoms with Crippen molar-refractivity contribution in [2.24, 2.45) is 0 Å². The first kappa shape index (κ1) is 8.37. The zero-order chi connectivity index (χ0) is 7.28. The molecule has 2 nitrogen and oxygen atoms in total. The second kappa shape index (κ2) is 4.27. The minimum Gasteiger partial charge on any atom is -0.385 e. The van der Waals surface area contributed by atoms with Gasteiger partial charge in [-0.15, -0.1) is 0 Å². The molecule has 1 atom stereocenters. The lowest BCUT2D eigenvalue weighted by atomic mass is 10.2. The van der Waals surface area contributed by atoms with Gasteiger partial charge in [0.2, 0.25) is 0 Å². The summed E-state index contributed by atoms with van der Waals surface area (Å²) < 4.78 is 0. The van der Waals surface area contributed by atoms with Gasteiger partial charge in [0.05, 0.1) is 0 Å². The van der Waals surface area contributed by atoms with Crippen LogP contribution in [0.15, 0.2) is 12.2 Å². The number of aliphatic hydroxyl groups is 1. The number of carbonyl (C=O) groups excluding carboxylic acids is 1. The molecule has 0 heterocycles. The number of ketones is 1. The van der Waals surface area contributed by atoms with Crippen LogP contribution in [0.5, 0.6) is 0 Å². The highest BCUT2D eigenvalue weighted by molar-refractivity contribution is 5.80. The molecule has 0 aromatic carbocycles. The van der Waals surface area contributed by atoms with Crippen molar-refractivity contribution in [2.75, 3.05) is 0 Å². The Morgan fingerprint density at radius 2 is 2.33 bits per heavy atom. The van der Waals surface area contributed by atoms with E-state index in [4.69, 9.17) is 5.11 Å². The molecule has 1 N–H and O–H groups in total. The van der Waals surface area contributed by atoms with E-state index < -0.39 is 6.10 Å². The van der Waals surface area contributed by atoms with Gasteiger partial charge < -0.3 is 5.11 Å².